The van der Waals surface area contributed by atoms with E-state index in [0.717, 1.165) is 6.42 Å². The Morgan fingerprint density at radius 1 is 0.373 bits per heavy atom. The van der Waals surface area contributed by atoms with E-state index in [1.807, 2.05) is 0 Å². The van der Waals surface area contributed by atoms with Crippen molar-refractivity contribution in [1.82, 2.24) is 0 Å². The average Bonchev–Trinajstić information content (AvgIpc) is 3.33. The van der Waals surface area contributed by atoms with Crippen LogP contribution in [0.1, 0.15) is 13.3 Å². The van der Waals surface area contributed by atoms with Gasteiger partial charge in [-0.05, 0) is 89.6 Å². The molecule has 59 heavy (non-hydrogen) atoms. The topological polar surface area (TPSA) is 0 Å². The zero-order valence-electron chi connectivity index (χ0n) is 33.5. The van der Waals surface area contributed by atoms with Crippen molar-refractivity contribution in [2.45, 2.75) is 18.5 Å². The van der Waals surface area contributed by atoms with Gasteiger partial charge in [0.05, 0.1) is 6.89 Å². The quantitative estimate of drug-likeness (QED) is 0.114. The van der Waals surface area contributed by atoms with Crippen molar-refractivity contribution in [1.29, 1.82) is 0 Å². The van der Waals surface area contributed by atoms with Crippen LogP contribution < -0.4 is 42.4 Å². The van der Waals surface area contributed by atoms with Crippen molar-refractivity contribution in [3.63, 3.8) is 0 Å². The highest BCUT2D eigenvalue weighted by atomic mass is 31.3. The Morgan fingerprint density at radius 2 is 0.661 bits per heavy atom. The number of allylic oxidation sites excluding steroid dienone is 4. The van der Waals surface area contributed by atoms with Gasteiger partial charge in [-0.3, -0.25) is 0 Å². The Balaban J connectivity index is 1.76. The van der Waals surface area contributed by atoms with Crippen molar-refractivity contribution < 1.29 is 0 Å². The summed E-state index contributed by atoms with van der Waals surface area (Å²) < 4.78 is 1.67. The summed E-state index contributed by atoms with van der Waals surface area (Å²) in [4.78, 5) is 0. The van der Waals surface area contributed by atoms with Gasteiger partial charge in [0, 0.05) is 6.42 Å². The molecule has 0 amide bonds. The lowest BCUT2D eigenvalue weighted by Gasteiger charge is -2.48. The highest BCUT2D eigenvalue weighted by Crippen LogP contribution is 2.85. The first-order valence-electron chi connectivity index (χ1n) is 20.5. The van der Waals surface area contributed by atoms with E-state index in [1.165, 1.54) is 42.4 Å². The van der Waals surface area contributed by atoms with Crippen LogP contribution in [0.5, 0.6) is 0 Å². The second-order valence-electron chi connectivity index (χ2n) is 15.3. The second-order valence-corrected chi connectivity index (χ2v) is 26.9. The summed E-state index contributed by atoms with van der Waals surface area (Å²) in [5, 5.41) is 10.7. The van der Waals surface area contributed by atoms with Gasteiger partial charge >= 0.3 is 0 Å². The molecule has 0 fully saturated rings. The van der Waals surface area contributed by atoms with E-state index >= 15 is 0 Å². The summed E-state index contributed by atoms with van der Waals surface area (Å²) >= 11 is 0. The molecule has 0 N–H and O–H groups in total. The van der Waals surface area contributed by atoms with Crippen molar-refractivity contribution in [3.8, 4) is 0 Å². The molecule has 1 atom stereocenters. The van der Waals surface area contributed by atoms with Crippen molar-refractivity contribution >= 4 is 68.6 Å². The fourth-order valence-corrected chi connectivity index (χ4v) is 33.2. The smallest absolute Gasteiger partial charge is 0.0800 e. The molecule has 0 aromatic heterocycles. The molecule has 0 saturated heterocycles. The third-order valence-corrected chi connectivity index (χ3v) is 29.7. The normalized spacial score (nSPS) is 15.4. The van der Waals surface area contributed by atoms with E-state index in [4.69, 9.17) is 0 Å². The monoisotopic (exact) mass is 814 g/mol. The Bertz CT molecular complexity index is 2480. The van der Waals surface area contributed by atoms with E-state index < -0.39 is 21.4 Å². The molecular formula is C56H49P3+2. The molecule has 1 unspecified atom stereocenters. The molecule has 0 spiro atoms. The fourth-order valence-electron chi connectivity index (χ4n) is 9.64. The van der Waals surface area contributed by atoms with Crippen molar-refractivity contribution in [3.05, 3.63) is 267 Å². The molecule has 0 heterocycles. The zero-order chi connectivity index (χ0) is 40.0. The summed E-state index contributed by atoms with van der Waals surface area (Å²) in [5.41, 5.74) is 0. The maximum Gasteiger partial charge on any atom is 0.233 e. The van der Waals surface area contributed by atoms with Gasteiger partial charge in [0.1, 0.15) is 31.7 Å². The van der Waals surface area contributed by atoms with Gasteiger partial charge in [-0.2, -0.15) is 0 Å². The molecule has 8 aromatic carbocycles. The minimum absolute atomic E-state index is 0.326. The Morgan fingerprint density at radius 3 is 0.949 bits per heavy atom. The third kappa shape index (κ3) is 6.47. The Kier molecular flexibility index (Phi) is 11.2. The van der Waals surface area contributed by atoms with Crippen LogP contribution in [0.3, 0.4) is 0 Å². The van der Waals surface area contributed by atoms with E-state index in [2.05, 4.69) is 274 Å². The molecule has 0 aliphatic heterocycles. The fraction of sp³-hybridized carbons (Fsp3) is 0.0536. The van der Waals surface area contributed by atoms with Crippen LogP contribution in [-0.4, -0.2) is 9.93 Å². The van der Waals surface area contributed by atoms with E-state index in [9.17, 15) is 0 Å². The zero-order valence-corrected chi connectivity index (χ0v) is 36.1. The van der Waals surface area contributed by atoms with Gasteiger partial charge in [-0.25, -0.2) is 0 Å². The molecule has 1 aliphatic rings. The largest absolute Gasteiger partial charge is 0.233 e. The van der Waals surface area contributed by atoms with E-state index in [-0.39, 0.29) is 5.16 Å². The molecule has 0 bridgehead atoms. The molecule has 0 nitrogen and oxygen atoms in total. The van der Waals surface area contributed by atoms with Gasteiger partial charge in [0.15, 0.2) is 14.5 Å². The Labute approximate surface area is 352 Å². The van der Waals surface area contributed by atoms with Crippen LogP contribution in [-0.2, 0) is 0 Å². The maximum absolute atomic E-state index is 2.89. The van der Waals surface area contributed by atoms with Gasteiger partial charge in [-0.1, -0.05) is 200 Å². The van der Waals surface area contributed by atoms with Gasteiger partial charge in [-0.15, -0.1) is 0 Å². The number of rotatable bonds is 11. The predicted molar refractivity (Wildman–Crippen MR) is 266 cm³/mol. The number of benzene rings is 8. The van der Waals surface area contributed by atoms with E-state index in [1.54, 1.807) is 4.78 Å². The van der Waals surface area contributed by atoms with Gasteiger partial charge < -0.3 is 0 Å². The maximum atomic E-state index is 2.59. The van der Waals surface area contributed by atoms with Gasteiger partial charge in [0.25, 0.3) is 0 Å². The minimum Gasteiger partial charge on any atom is -0.0800 e. The molecule has 0 saturated carbocycles. The minimum atomic E-state index is -2.89. The van der Waals surface area contributed by atoms with Crippen LogP contribution in [0.4, 0.5) is 0 Å². The van der Waals surface area contributed by atoms with Crippen molar-refractivity contribution in [2.75, 3.05) is 0 Å². The molecule has 8 aromatic rings. The lowest BCUT2D eigenvalue weighted by atomic mass is 10.0. The Hall–Kier alpha value is -5.60. The van der Waals surface area contributed by atoms with Gasteiger partial charge in [0.2, 0.25) is 4.78 Å². The average molecular weight is 815 g/mol. The number of hydrogen-bond donors (Lipinski definition) is 0. The van der Waals surface area contributed by atoms with Crippen LogP contribution in [0.2, 0.25) is 0 Å². The first-order chi connectivity index (χ1) is 29.2. The van der Waals surface area contributed by atoms with Crippen LogP contribution >= 0.6 is 21.4 Å². The molecule has 1 aliphatic carbocycles. The van der Waals surface area contributed by atoms with Crippen LogP contribution in [0, 0.1) is 0 Å². The molecular weight excluding hydrogens is 766 g/mol. The highest BCUT2D eigenvalue weighted by Gasteiger charge is 2.73. The third-order valence-electron chi connectivity index (χ3n) is 12.0. The first-order valence-corrected chi connectivity index (χ1v) is 25.9. The molecule has 286 valence electrons. The predicted octanol–water partition coefficient (Wildman–Crippen LogP) is 11.0. The van der Waals surface area contributed by atoms with Crippen molar-refractivity contribution in [2.24, 2.45) is 0 Å². The molecule has 0 radical (unpaired) electrons. The molecule has 3 heteroatoms. The van der Waals surface area contributed by atoms with Crippen LogP contribution in [0.15, 0.2) is 267 Å². The first kappa shape index (κ1) is 38.9. The van der Waals surface area contributed by atoms with Crippen LogP contribution in [0.25, 0.3) is 0 Å². The lowest BCUT2D eigenvalue weighted by Crippen LogP contribution is -2.51. The molecule has 9 rings (SSSR count). The number of hydrogen-bond acceptors (Lipinski definition) is 0. The second kappa shape index (κ2) is 16.9. The summed E-state index contributed by atoms with van der Waals surface area (Å²) in [6.07, 6.45) is 10.5. The lowest BCUT2D eigenvalue weighted by molar-refractivity contribution is 0.784. The summed E-state index contributed by atoms with van der Waals surface area (Å²) in [6, 6.07) is 93.3. The standard InChI is InChI=1S/C56H49P3/c1-56(45-27-10-28-46-56)59(53-41-23-8-24-42-53,54-43-25-9-26-44-54)55(57(47-29-11-2-12-30-47,48-31-13-3-14-32-48)49-33-15-4-16-34-49)58(50-35-17-5-18-36-50,51-37-19-6-20-38-51)52-39-21-7-22-40-52/h2-45H,46H2,1H3/q+2. The SMILES string of the molecule is CC1([P+](C(=P(c2ccccc2)(c2ccccc2)c2ccccc2)[P+](c2ccccc2)(c2ccccc2)c2ccccc2)(c2ccccc2)c2ccccc2)C=CC=CC1. The van der Waals surface area contributed by atoms with E-state index in [0.29, 0.717) is 0 Å². The summed E-state index contributed by atoms with van der Waals surface area (Å²) in [7, 11) is -5.74. The summed E-state index contributed by atoms with van der Waals surface area (Å²) in [6.45, 7) is -0.296. The summed E-state index contributed by atoms with van der Waals surface area (Å²) in [5.74, 6) is 0. The highest BCUT2D eigenvalue weighted by molar-refractivity contribution is 8.39.